The molecule has 1 heterocycles. The molecule has 1 aliphatic carbocycles. The van der Waals surface area contributed by atoms with E-state index < -0.39 is 32.5 Å². The fourth-order valence-corrected chi connectivity index (χ4v) is 4.53. The number of nitrogens with one attached hydrogen (secondary N) is 1. The largest absolute Gasteiger partial charge is 0.416 e. The third kappa shape index (κ3) is 4.88. The lowest BCUT2D eigenvalue weighted by atomic mass is 10.1. The van der Waals surface area contributed by atoms with Gasteiger partial charge in [-0.25, -0.2) is 12.8 Å². The minimum absolute atomic E-state index is 0. The maximum atomic E-state index is 13.9. The number of piperidine rings is 1. The van der Waals surface area contributed by atoms with Crippen LogP contribution in [0.2, 0.25) is 0 Å². The molecule has 0 radical (unpaired) electrons. The van der Waals surface area contributed by atoms with Crippen LogP contribution in [-0.2, 0) is 16.2 Å². The van der Waals surface area contributed by atoms with E-state index in [4.69, 9.17) is 0 Å². The van der Waals surface area contributed by atoms with Gasteiger partial charge in [0, 0.05) is 19.1 Å². The molecule has 3 rings (SSSR count). The highest BCUT2D eigenvalue weighted by atomic mass is 35.5. The molecule has 148 valence electrons. The summed E-state index contributed by atoms with van der Waals surface area (Å²) in [5.74, 6) is -0.456. The van der Waals surface area contributed by atoms with Gasteiger partial charge in [-0.3, -0.25) is 0 Å². The SMILES string of the molecule is Cl.O=S(=O)(c1cc(C(F)(F)F)ccc1F)N1CCC(NCC2CC2)CC1. The summed E-state index contributed by atoms with van der Waals surface area (Å²) in [6, 6.07) is 1.67. The van der Waals surface area contributed by atoms with Gasteiger partial charge in [0.2, 0.25) is 10.0 Å². The Bertz CT molecular complexity index is 730. The molecule has 4 nitrogen and oxygen atoms in total. The van der Waals surface area contributed by atoms with Gasteiger partial charge in [0.05, 0.1) is 5.56 Å². The highest BCUT2D eigenvalue weighted by molar-refractivity contribution is 7.89. The Kier molecular flexibility index (Phi) is 6.58. The van der Waals surface area contributed by atoms with Crippen molar-refractivity contribution in [3.05, 3.63) is 29.6 Å². The van der Waals surface area contributed by atoms with Crippen LogP contribution >= 0.6 is 12.4 Å². The van der Waals surface area contributed by atoms with Gasteiger partial charge in [-0.2, -0.15) is 17.5 Å². The van der Waals surface area contributed by atoms with Gasteiger partial charge in [0.1, 0.15) is 10.7 Å². The molecule has 0 unspecified atom stereocenters. The van der Waals surface area contributed by atoms with Crippen molar-refractivity contribution < 1.29 is 26.0 Å². The molecule has 1 aliphatic heterocycles. The zero-order valence-electron chi connectivity index (χ0n) is 13.9. The normalized spacial score (nSPS) is 20.0. The van der Waals surface area contributed by atoms with Crippen LogP contribution in [0.3, 0.4) is 0 Å². The van der Waals surface area contributed by atoms with Crippen LogP contribution in [0, 0.1) is 11.7 Å². The average Bonchev–Trinajstić information content (AvgIpc) is 3.37. The minimum atomic E-state index is -4.72. The van der Waals surface area contributed by atoms with Crippen molar-refractivity contribution in [1.82, 2.24) is 9.62 Å². The van der Waals surface area contributed by atoms with E-state index >= 15 is 0 Å². The molecule has 0 spiro atoms. The lowest BCUT2D eigenvalue weighted by Gasteiger charge is -2.32. The van der Waals surface area contributed by atoms with Crippen molar-refractivity contribution in [2.45, 2.75) is 42.8 Å². The van der Waals surface area contributed by atoms with E-state index in [0.29, 0.717) is 37.0 Å². The lowest BCUT2D eigenvalue weighted by Crippen LogP contribution is -2.45. The molecule has 1 aromatic carbocycles. The maximum absolute atomic E-state index is 13.9. The van der Waals surface area contributed by atoms with Crippen molar-refractivity contribution in [2.24, 2.45) is 5.92 Å². The van der Waals surface area contributed by atoms with Crippen molar-refractivity contribution in [3.8, 4) is 0 Å². The second-order valence-corrected chi connectivity index (χ2v) is 8.58. The quantitative estimate of drug-likeness (QED) is 0.748. The zero-order chi connectivity index (χ0) is 18.2. The van der Waals surface area contributed by atoms with E-state index in [2.05, 4.69) is 5.32 Å². The summed E-state index contributed by atoms with van der Waals surface area (Å²) >= 11 is 0. The topological polar surface area (TPSA) is 49.4 Å². The van der Waals surface area contributed by atoms with Crippen LogP contribution in [0.4, 0.5) is 17.6 Å². The Hall–Kier alpha value is -0.900. The zero-order valence-corrected chi connectivity index (χ0v) is 15.6. The standard InChI is InChI=1S/C16H20F4N2O2S.ClH/c17-14-4-3-12(16(18,19)20)9-15(14)25(23,24)22-7-5-13(6-8-22)21-10-11-1-2-11;/h3-4,9,11,13,21H,1-2,5-8,10H2;1H. The molecule has 1 aromatic rings. The van der Waals surface area contributed by atoms with Crippen LogP contribution in [0.1, 0.15) is 31.2 Å². The number of alkyl halides is 3. The second kappa shape index (κ2) is 8.00. The molecule has 26 heavy (non-hydrogen) atoms. The van der Waals surface area contributed by atoms with Gasteiger partial charge in [-0.1, -0.05) is 0 Å². The molecule has 2 aliphatic rings. The van der Waals surface area contributed by atoms with Gasteiger partial charge in [0.15, 0.2) is 0 Å². The Morgan fingerprint density at radius 1 is 1.12 bits per heavy atom. The van der Waals surface area contributed by atoms with E-state index in [1.807, 2.05) is 0 Å². The first kappa shape index (κ1) is 21.4. The highest BCUT2D eigenvalue weighted by Gasteiger charge is 2.36. The fourth-order valence-electron chi connectivity index (χ4n) is 2.97. The second-order valence-electron chi connectivity index (χ2n) is 6.67. The smallest absolute Gasteiger partial charge is 0.314 e. The summed E-state index contributed by atoms with van der Waals surface area (Å²) < 4.78 is 78.5. The fraction of sp³-hybridized carbons (Fsp3) is 0.625. The molecule has 10 heteroatoms. The molecule has 0 amide bonds. The Labute approximate surface area is 156 Å². The number of nitrogens with zero attached hydrogens (tertiary/aromatic N) is 1. The molecular formula is C16H21ClF4N2O2S. The summed E-state index contributed by atoms with van der Waals surface area (Å²) in [6.07, 6.45) is -1.17. The molecule has 1 N–H and O–H groups in total. The lowest BCUT2D eigenvalue weighted by molar-refractivity contribution is -0.137. The van der Waals surface area contributed by atoms with E-state index in [0.717, 1.165) is 10.8 Å². The number of hydrogen-bond acceptors (Lipinski definition) is 3. The van der Waals surface area contributed by atoms with Gasteiger partial charge < -0.3 is 5.32 Å². The first-order valence-corrected chi connectivity index (χ1v) is 9.72. The Morgan fingerprint density at radius 2 is 1.73 bits per heavy atom. The van der Waals surface area contributed by atoms with E-state index in [1.54, 1.807) is 0 Å². The highest BCUT2D eigenvalue weighted by Crippen LogP contribution is 2.33. The molecule has 0 atom stereocenters. The maximum Gasteiger partial charge on any atom is 0.416 e. The van der Waals surface area contributed by atoms with Crippen molar-refractivity contribution in [1.29, 1.82) is 0 Å². The first-order valence-electron chi connectivity index (χ1n) is 8.28. The number of benzene rings is 1. The van der Waals surface area contributed by atoms with E-state index in [1.165, 1.54) is 12.8 Å². The van der Waals surface area contributed by atoms with Crippen molar-refractivity contribution >= 4 is 22.4 Å². The average molecular weight is 417 g/mol. The summed E-state index contributed by atoms with van der Waals surface area (Å²) in [7, 11) is -4.29. The van der Waals surface area contributed by atoms with Crippen LogP contribution < -0.4 is 5.32 Å². The molecule has 1 saturated heterocycles. The van der Waals surface area contributed by atoms with Crippen LogP contribution in [0.15, 0.2) is 23.1 Å². The summed E-state index contributed by atoms with van der Waals surface area (Å²) in [4.78, 5) is -0.910. The number of hydrogen-bond donors (Lipinski definition) is 1. The first-order chi connectivity index (χ1) is 11.7. The molecule has 0 aromatic heterocycles. The number of rotatable bonds is 5. The predicted molar refractivity (Wildman–Crippen MR) is 91.2 cm³/mol. The van der Waals surface area contributed by atoms with Crippen LogP contribution in [0.5, 0.6) is 0 Å². The Balaban J connectivity index is 0.00000243. The van der Waals surface area contributed by atoms with Gasteiger partial charge in [-0.05, 0) is 56.3 Å². The molecule has 1 saturated carbocycles. The number of sulfonamides is 1. The van der Waals surface area contributed by atoms with Gasteiger partial charge in [0.25, 0.3) is 0 Å². The summed E-state index contributed by atoms with van der Waals surface area (Å²) in [5, 5.41) is 3.39. The molecule has 0 bridgehead atoms. The summed E-state index contributed by atoms with van der Waals surface area (Å²) in [5.41, 5.74) is -1.17. The third-order valence-electron chi connectivity index (χ3n) is 4.72. The predicted octanol–water partition coefficient (Wildman–Crippen LogP) is 3.42. The minimum Gasteiger partial charge on any atom is -0.314 e. The molecular weight excluding hydrogens is 396 g/mol. The van der Waals surface area contributed by atoms with Crippen molar-refractivity contribution in [3.63, 3.8) is 0 Å². The van der Waals surface area contributed by atoms with Gasteiger partial charge in [-0.15, -0.1) is 12.4 Å². The monoisotopic (exact) mass is 416 g/mol. The summed E-state index contributed by atoms with van der Waals surface area (Å²) in [6.45, 7) is 1.25. The Morgan fingerprint density at radius 3 is 2.27 bits per heavy atom. The third-order valence-corrected chi connectivity index (χ3v) is 6.64. The number of halogens is 5. The van der Waals surface area contributed by atoms with E-state index in [-0.39, 0.29) is 31.5 Å². The van der Waals surface area contributed by atoms with Crippen molar-refractivity contribution in [2.75, 3.05) is 19.6 Å². The van der Waals surface area contributed by atoms with Gasteiger partial charge >= 0.3 is 6.18 Å². The van der Waals surface area contributed by atoms with Crippen LogP contribution in [0.25, 0.3) is 0 Å². The van der Waals surface area contributed by atoms with Crippen LogP contribution in [-0.4, -0.2) is 38.4 Å². The molecule has 2 fully saturated rings. The van der Waals surface area contributed by atoms with E-state index in [9.17, 15) is 26.0 Å².